The van der Waals surface area contributed by atoms with Gasteiger partial charge in [-0.3, -0.25) is 4.98 Å². The third-order valence-corrected chi connectivity index (χ3v) is 1.73. The highest BCUT2D eigenvalue weighted by Crippen LogP contribution is 2.03. The van der Waals surface area contributed by atoms with Crippen molar-refractivity contribution in [3.8, 4) is 6.07 Å². The van der Waals surface area contributed by atoms with Crippen molar-refractivity contribution < 1.29 is 0 Å². The molecule has 0 atom stereocenters. The molecule has 1 heterocycles. The molecule has 0 aliphatic rings. The fraction of sp³-hybridized carbons (Fsp3) is 0.455. The Bertz CT molecular complexity index is 195. The molecule has 0 aliphatic heterocycles. The first-order valence-corrected chi connectivity index (χ1v) is 4.59. The average Bonchev–Trinajstić information content (AvgIpc) is 2.24. The van der Waals surface area contributed by atoms with Gasteiger partial charge in [0.25, 0.3) is 0 Å². The van der Waals surface area contributed by atoms with Crippen LogP contribution in [0.2, 0.25) is 0 Å². The van der Waals surface area contributed by atoms with Crippen molar-refractivity contribution >= 4 is 0 Å². The first kappa shape index (κ1) is 11.6. The second kappa shape index (κ2) is 8.73. The summed E-state index contributed by atoms with van der Waals surface area (Å²) in [5.41, 5.74) is 0. The average molecular weight is 176 g/mol. The van der Waals surface area contributed by atoms with Gasteiger partial charge >= 0.3 is 0 Å². The molecule has 0 bridgehead atoms. The molecule has 0 aromatic carbocycles. The predicted molar refractivity (Wildman–Crippen MR) is 53.9 cm³/mol. The number of hydrogen-bond donors (Lipinski definition) is 0. The maximum atomic E-state index is 8.28. The zero-order valence-corrected chi connectivity index (χ0v) is 8.27. The molecular weight excluding hydrogens is 160 g/mol. The van der Waals surface area contributed by atoms with Crippen LogP contribution < -0.4 is 0 Å². The fourth-order valence-electron chi connectivity index (χ4n) is 0.784. The fourth-order valence-corrected chi connectivity index (χ4v) is 0.784. The Morgan fingerprint density at radius 2 is 1.69 bits per heavy atom. The van der Waals surface area contributed by atoms with Crippen LogP contribution in [0.25, 0.3) is 0 Å². The largest absolute Gasteiger partial charge is 0.265 e. The van der Waals surface area contributed by atoms with Gasteiger partial charge in [-0.15, -0.1) is 0 Å². The minimum Gasteiger partial charge on any atom is -0.265 e. The van der Waals surface area contributed by atoms with Crippen molar-refractivity contribution in [3.05, 3.63) is 30.6 Å². The Kier molecular flexibility index (Phi) is 7.82. The van der Waals surface area contributed by atoms with E-state index in [1.165, 1.54) is 0 Å². The number of pyridine rings is 1. The number of nitriles is 1. The normalized spacial score (nSPS) is 8.46. The van der Waals surface area contributed by atoms with Gasteiger partial charge in [0.15, 0.2) is 0 Å². The topological polar surface area (TPSA) is 36.7 Å². The smallest absolute Gasteiger partial charge is 0.0655 e. The molecule has 0 saturated heterocycles. The monoisotopic (exact) mass is 176 g/mol. The van der Waals surface area contributed by atoms with E-state index in [1.807, 2.05) is 32.0 Å². The molecule has 13 heavy (non-hydrogen) atoms. The number of hydrogen-bond acceptors (Lipinski definition) is 2. The zero-order chi connectivity index (χ0) is 9.94. The SMILES string of the molecule is CCC(C#N)CC.c1ccncc1. The Labute approximate surface area is 80.2 Å². The van der Waals surface area contributed by atoms with Gasteiger partial charge in [-0.05, 0) is 25.0 Å². The van der Waals surface area contributed by atoms with Crippen LogP contribution in [0.4, 0.5) is 0 Å². The van der Waals surface area contributed by atoms with Gasteiger partial charge in [0.2, 0.25) is 0 Å². The molecule has 1 aromatic rings. The van der Waals surface area contributed by atoms with Gasteiger partial charge in [-0.25, -0.2) is 0 Å². The highest BCUT2D eigenvalue weighted by Gasteiger charge is 1.96. The number of nitrogens with zero attached hydrogens (tertiary/aromatic N) is 2. The van der Waals surface area contributed by atoms with Crippen molar-refractivity contribution in [3.63, 3.8) is 0 Å². The molecule has 0 radical (unpaired) electrons. The van der Waals surface area contributed by atoms with Crippen LogP contribution >= 0.6 is 0 Å². The standard InChI is InChI=1S/C6H11N.C5H5N/c1-3-6(4-2)5-7;1-2-4-6-5-3-1/h6H,3-4H2,1-2H3;1-5H. The summed E-state index contributed by atoms with van der Waals surface area (Å²) in [5.74, 6) is 0.292. The van der Waals surface area contributed by atoms with Crippen LogP contribution in [-0.2, 0) is 0 Å². The first-order chi connectivity index (χ1) is 6.35. The second-order valence-corrected chi connectivity index (χ2v) is 2.67. The lowest BCUT2D eigenvalue weighted by atomic mass is 10.1. The summed E-state index contributed by atoms with van der Waals surface area (Å²) in [6, 6.07) is 7.92. The van der Waals surface area contributed by atoms with Crippen molar-refractivity contribution in [2.24, 2.45) is 5.92 Å². The van der Waals surface area contributed by atoms with E-state index in [4.69, 9.17) is 5.26 Å². The van der Waals surface area contributed by atoms with E-state index in [2.05, 4.69) is 11.1 Å². The lowest BCUT2D eigenvalue weighted by Gasteiger charge is -1.95. The number of aromatic nitrogens is 1. The molecule has 0 spiro atoms. The molecule has 0 N–H and O–H groups in total. The number of rotatable bonds is 2. The lowest BCUT2D eigenvalue weighted by molar-refractivity contribution is 0.620. The Hall–Kier alpha value is -1.36. The summed E-state index contributed by atoms with van der Waals surface area (Å²) >= 11 is 0. The summed E-state index contributed by atoms with van der Waals surface area (Å²) in [6.45, 7) is 4.08. The maximum absolute atomic E-state index is 8.28. The van der Waals surface area contributed by atoms with Gasteiger partial charge in [-0.1, -0.05) is 19.9 Å². The minimum absolute atomic E-state index is 0.292. The first-order valence-electron chi connectivity index (χ1n) is 4.59. The van der Waals surface area contributed by atoms with E-state index in [0.717, 1.165) is 12.8 Å². The quantitative estimate of drug-likeness (QED) is 0.694. The summed E-state index contributed by atoms with van der Waals surface area (Å²) in [7, 11) is 0. The minimum atomic E-state index is 0.292. The van der Waals surface area contributed by atoms with E-state index < -0.39 is 0 Å². The Morgan fingerprint density at radius 1 is 1.15 bits per heavy atom. The van der Waals surface area contributed by atoms with Crippen molar-refractivity contribution in [1.82, 2.24) is 4.98 Å². The molecule has 0 unspecified atom stereocenters. The van der Waals surface area contributed by atoms with Crippen molar-refractivity contribution in [2.75, 3.05) is 0 Å². The van der Waals surface area contributed by atoms with Crippen LogP contribution in [0.5, 0.6) is 0 Å². The van der Waals surface area contributed by atoms with E-state index in [1.54, 1.807) is 12.4 Å². The van der Waals surface area contributed by atoms with E-state index in [9.17, 15) is 0 Å². The molecule has 1 aromatic heterocycles. The maximum Gasteiger partial charge on any atom is 0.0655 e. The van der Waals surface area contributed by atoms with E-state index in [-0.39, 0.29) is 0 Å². The van der Waals surface area contributed by atoms with Gasteiger partial charge in [-0.2, -0.15) is 5.26 Å². The molecule has 0 amide bonds. The highest BCUT2D eigenvalue weighted by atomic mass is 14.6. The van der Waals surface area contributed by atoms with Gasteiger partial charge < -0.3 is 0 Å². The van der Waals surface area contributed by atoms with Crippen LogP contribution in [0.3, 0.4) is 0 Å². The molecule has 2 nitrogen and oxygen atoms in total. The Morgan fingerprint density at radius 3 is 1.77 bits per heavy atom. The Balaban J connectivity index is 0.000000223. The van der Waals surface area contributed by atoms with Crippen LogP contribution in [-0.4, -0.2) is 4.98 Å². The predicted octanol–water partition coefficient (Wildman–Crippen LogP) is 3.03. The van der Waals surface area contributed by atoms with Gasteiger partial charge in [0.05, 0.1) is 6.07 Å². The molecule has 70 valence electrons. The lowest BCUT2D eigenvalue weighted by Crippen LogP contribution is -1.88. The molecule has 2 heteroatoms. The highest BCUT2D eigenvalue weighted by molar-refractivity contribution is 4.88. The van der Waals surface area contributed by atoms with Crippen LogP contribution in [0.15, 0.2) is 30.6 Å². The molecule has 0 saturated carbocycles. The third-order valence-electron chi connectivity index (χ3n) is 1.73. The van der Waals surface area contributed by atoms with Crippen molar-refractivity contribution in [1.29, 1.82) is 5.26 Å². The van der Waals surface area contributed by atoms with Crippen LogP contribution in [0, 0.1) is 17.2 Å². The van der Waals surface area contributed by atoms with E-state index >= 15 is 0 Å². The molecule has 0 fully saturated rings. The second-order valence-electron chi connectivity index (χ2n) is 2.67. The summed E-state index contributed by atoms with van der Waals surface area (Å²) < 4.78 is 0. The summed E-state index contributed by atoms with van der Waals surface area (Å²) in [5, 5.41) is 8.28. The summed E-state index contributed by atoms with van der Waals surface area (Å²) in [6.07, 6.45) is 5.49. The molecule has 1 rings (SSSR count). The van der Waals surface area contributed by atoms with Crippen LogP contribution in [0.1, 0.15) is 26.7 Å². The molecule has 0 aliphatic carbocycles. The van der Waals surface area contributed by atoms with E-state index in [0.29, 0.717) is 5.92 Å². The molecular formula is C11H16N2. The zero-order valence-electron chi connectivity index (χ0n) is 8.27. The van der Waals surface area contributed by atoms with Gasteiger partial charge in [0, 0.05) is 18.3 Å². The summed E-state index contributed by atoms with van der Waals surface area (Å²) in [4.78, 5) is 3.78. The van der Waals surface area contributed by atoms with Crippen molar-refractivity contribution in [2.45, 2.75) is 26.7 Å². The van der Waals surface area contributed by atoms with Gasteiger partial charge in [0.1, 0.15) is 0 Å². The third kappa shape index (κ3) is 7.02.